The van der Waals surface area contributed by atoms with Gasteiger partial charge in [0, 0.05) is 12.5 Å². The third-order valence-electron chi connectivity index (χ3n) is 3.36. The van der Waals surface area contributed by atoms with Gasteiger partial charge in [-0.15, -0.1) is 5.10 Å². The highest BCUT2D eigenvalue weighted by Gasteiger charge is 2.32. The summed E-state index contributed by atoms with van der Waals surface area (Å²) >= 11 is 0. The zero-order valence-corrected chi connectivity index (χ0v) is 12.2. The van der Waals surface area contributed by atoms with Crippen LogP contribution in [0.4, 0.5) is 13.2 Å². The van der Waals surface area contributed by atoms with E-state index in [1.807, 2.05) is 0 Å². The molecule has 0 aliphatic carbocycles. The summed E-state index contributed by atoms with van der Waals surface area (Å²) in [6.07, 6.45) is -2.91. The lowest BCUT2D eigenvalue weighted by molar-refractivity contribution is -0.141. The molecule has 0 aromatic carbocycles. The summed E-state index contributed by atoms with van der Waals surface area (Å²) in [5.41, 5.74) is -0.513. The van der Waals surface area contributed by atoms with Crippen LogP contribution in [0.25, 0.3) is 11.4 Å². The van der Waals surface area contributed by atoms with Gasteiger partial charge in [-0.25, -0.2) is 4.98 Å². The van der Waals surface area contributed by atoms with Gasteiger partial charge < -0.3 is 9.47 Å². The van der Waals surface area contributed by atoms with E-state index in [1.165, 1.54) is 12.1 Å². The van der Waals surface area contributed by atoms with Crippen molar-refractivity contribution in [3.05, 3.63) is 30.1 Å². The Kier molecular flexibility index (Phi) is 4.58. The molecule has 3 rings (SSSR count). The first kappa shape index (κ1) is 15.9. The van der Waals surface area contributed by atoms with Crippen LogP contribution in [0.2, 0.25) is 0 Å². The van der Waals surface area contributed by atoms with E-state index in [4.69, 9.17) is 9.47 Å². The standard InChI is InChI=1S/C14H15F3N4O2/c15-14(16,17)13-3-1-2-11(18-13)12-7-21(20-19-12)6-10-8-22-4-5-23-9-10/h1-3,7,10H,4-6,8-9H2. The van der Waals surface area contributed by atoms with E-state index in [0.717, 1.165) is 6.07 Å². The number of rotatable bonds is 3. The van der Waals surface area contributed by atoms with E-state index < -0.39 is 11.9 Å². The van der Waals surface area contributed by atoms with Crippen LogP contribution < -0.4 is 0 Å². The van der Waals surface area contributed by atoms with Crippen LogP contribution >= 0.6 is 0 Å². The summed E-state index contributed by atoms with van der Waals surface area (Å²) < 4.78 is 50.5. The van der Waals surface area contributed by atoms with Crippen LogP contribution in [-0.4, -0.2) is 46.4 Å². The molecule has 1 saturated heterocycles. The van der Waals surface area contributed by atoms with E-state index in [0.29, 0.717) is 38.7 Å². The predicted octanol–water partition coefficient (Wildman–Crippen LogP) is 2.02. The largest absolute Gasteiger partial charge is 0.433 e. The molecule has 9 heteroatoms. The molecular formula is C14H15F3N4O2. The van der Waals surface area contributed by atoms with Crippen LogP contribution in [0.3, 0.4) is 0 Å². The highest BCUT2D eigenvalue weighted by molar-refractivity contribution is 5.52. The highest BCUT2D eigenvalue weighted by atomic mass is 19.4. The zero-order valence-electron chi connectivity index (χ0n) is 12.2. The second kappa shape index (κ2) is 6.63. The molecule has 1 aliphatic rings. The molecule has 1 fully saturated rings. The minimum atomic E-state index is -4.49. The van der Waals surface area contributed by atoms with Gasteiger partial charge in [0.15, 0.2) is 0 Å². The Morgan fingerprint density at radius 3 is 2.57 bits per heavy atom. The van der Waals surface area contributed by atoms with Gasteiger partial charge >= 0.3 is 6.18 Å². The van der Waals surface area contributed by atoms with Crippen molar-refractivity contribution in [2.24, 2.45) is 5.92 Å². The second-order valence-electron chi connectivity index (χ2n) is 5.25. The fraction of sp³-hybridized carbons (Fsp3) is 0.500. The van der Waals surface area contributed by atoms with Crippen LogP contribution in [0.1, 0.15) is 5.69 Å². The van der Waals surface area contributed by atoms with Crippen molar-refractivity contribution in [1.82, 2.24) is 20.0 Å². The maximum atomic E-state index is 12.7. The van der Waals surface area contributed by atoms with Gasteiger partial charge in [0.25, 0.3) is 0 Å². The fourth-order valence-corrected chi connectivity index (χ4v) is 2.28. The van der Waals surface area contributed by atoms with Crippen molar-refractivity contribution >= 4 is 0 Å². The first-order valence-corrected chi connectivity index (χ1v) is 7.12. The Labute approximate surface area is 130 Å². The Morgan fingerprint density at radius 1 is 1.13 bits per heavy atom. The smallest absolute Gasteiger partial charge is 0.379 e. The average molecular weight is 328 g/mol. The molecule has 23 heavy (non-hydrogen) atoms. The number of hydrogen-bond acceptors (Lipinski definition) is 5. The van der Waals surface area contributed by atoms with Crippen molar-refractivity contribution in [3.63, 3.8) is 0 Å². The quantitative estimate of drug-likeness (QED) is 0.863. The van der Waals surface area contributed by atoms with Crippen LogP contribution in [0, 0.1) is 5.92 Å². The molecule has 6 nitrogen and oxygen atoms in total. The lowest BCUT2D eigenvalue weighted by atomic mass is 10.2. The van der Waals surface area contributed by atoms with Gasteiger partial charge in [0.1, 0.15) is 11.4 Å². The lowest BCUT2D eigenvalue weighted by Gasteiger charge is -2.11. The first-order valence-electron chi connectivity index (χ1n) is 7.12. The Balaban J connectivity index is 1.74. The number of alkyl halides is 3. The average Bonchev–Trinajstić information content (AvgIpc) is 2.83. The number of hydrogen-bond donors (Lipinski definition) is 0. The highest BCUT2D eigenvalue weighted by Crippen LogP contribution is 2.28. The van der Waals surface area contributed by atoms with Crippen molar-refractivity contribution in [1.29, 1.82) is 0 Å². The maximum absolute atomic E-state index is 12.7. The number of pyridine rings is 1. The monoisotopic (exact) mass is 328 g/mol. The normalized spacial score (nSPS) is 17.2. The van der Waals surface area contributed by atoms with E-state index in [1.54, 1.807) is 10.9 Å². The molecule has 2 aromatic heterocycles. The molecule has 2 aromatic rings. The molecule has 0 N–H and O–H groups in total. The molecule has 0 radical (unpaired) electrons. The van der Waals surface area contributed by atoms with E-state index in [2.05, 4.69) is 15.3 Å². The van der Waals surface area contributed by atoms with Crippen LogP contribution in [-0.2, 0) is 22.2 Å². The third-order valence-corrected chi connectivity index (χ3v) is 3.36. The Morgan fingerprint density at radius 2 is 1.87 bits per heavy atom. The van der Waals surface area contributed by atoms with Crippen LogP contribution in [0.15, 0.2) is 24.4 Å². The predicted molar refractivity (Wildman–Crippen MR) is 73.4 cm³/mol. The molecule has 1 aliphatic heterocycles. The third kappa shape index (κ3) is 4.05. The molecule has 0 unspecified atom stereocenters. The summed E-state index contributed by atoms with van der Waals surface area (Å²) in [7, 11) is 0. The number of ether oxygens (including phenoxy) is 2. The minimum Gasteiger partial charge on any atom is -0.379 e. The van der Waals surface area contributed by atoms with Crippen molar-refractivity contribution in [2.75, 3.05) is 26.4 Å². The summed E-state index contributed by atoms with van der Waals surface area (Å²) in [6.45, 7) is 2.75. The van der Waals surface area contributed by atoms with Crippen molar-refractivity contribution in [3.8, 4) is 11.4 Å². The van der Waals surface area contributed by atoms with Gasteiger partial charge in [-0.1, -0.05) is 11.3 Å². The minimum absolute atomic E-state index is 0.126. The molecule has 0 atom stereocenters. The second-order valence-corrected chi connectivity index (χ2v) is 5.25. The maximum Gasteiger partial charge on any atom is 0.433 e. The van der Waals surface area contributed by atoms with Crippen molar-refractivity contribution < 1.29 is 22.6 Å². The number of halogens is 3. The molecule has 0 spiro atoms. The van der Waals surface area contributed by atoms with Gasteiger partial charge in [0.05, 0.1) is 38.3 Å². The molecule has 3 heterocycles. The summed E-state index contributed by atoms with van der Waals surface area (Å²) in [5.74, 6) is 0.126. The molecule has 0 saturated carbocycles. The number of aromatic nitrogens is 4. The Hall–Kier alpha value is -2.00. The van der Waals surface area contributed by atoms with Gasteiger partial charge in [-0.05, 0) is 12.1 Å². The van der Waals surface area contributed by atoms with Crippen LogP contribution in [0.5, 0.6) is 0 Å². The molecule has 124 valence electrons. The fourth-order valence-electron chi connectivity index (χ4n) is 2.28. The van der Waals surface area contributed by atoms with Gasteiger partial charge in [0.2, 0.25) is 0 Å². The molecule has 0 bridgehead atoms. The molecule has 0 amide bonds. The SMILES string of the molecule is FC(F)(F)c1cccc(-c2cn(CC3COCCOC3)nn2)n1. The summed E-state index contributed by atoms with van der Waals surface area (Å²) in [6, 6.07) is 3.70. The lowest BCUT2D eigenvalue weighted by Crippen LogP contribution is -2.19. The summed E-state index contributed by atoms with van der Waals surface area (Å²) in [5, 5.41) is 7.84. The molecular weight excluding hydrogens is 313 g/mol. The van der Waals surface area contributed by atoms with Gasteiger partial charge in [-0.3, -0.25) is 4.68 Å². The zero-order chi connectivity index (χ0) is 16.3. The number of nitrogens with zero attached hydrogens (tertiary/aromatic N) is 4. The Bertz CT molecular complexity index is 651. The van der Waals surface area contributed by atoms with E-state index in [-0.39, 0.29) is 11.6 Å². The topological polar surface area (TPSA) is 62.1 Å². The van der Waals surface area contributed by atoms with Gasteiger partial charge in [-0.2, -0.15) is 13.2 Å². The van der Waals surface area contributed by atoms with Crippen molar-refractivity contribution in [2.45, 2.75) is 12.7 Å². The van der Waals surface area contributed by atoms with E-state index in [9.17, 15) is 13.2 Å². The van der Waals surface area contributed by atoms with E-state index >= 15 is 0 Å². The first-order chi connectivity index (χ1) is 11.0. The summed E-state index contributed by atoms with van der Waals surface area (Å²) in [4.78, 5) is 3.60.